The molecule has 2 atom stereocenters. The van der Waals surface area contributed by atoms with Gasteiger partial charge in [-0.2, -0.15) is 0 Å². The van der Waals surface area contributed by atoms with Crippen molar-refractivity contribution in [1.82, 2.24) is 4.90 Å². The summed E-state index contributed by atoms with van der Waals surface area (Å²) in [5.41, 5.74) is 1.96. The van der Waals surface area contributed by atoms with Crippen molar-refractivity contribution in [3.63, 3.8) is 0 Å². The molecule has 116 valence electrons. The van der Waals surface area contributed by atoms with E-state index in [1.807, 2.05) is 19.1 Å². The number of rotatable bonds is 6. The highest BCUT2D eigenvalue weighted by Crippen LogP contribution is 2.33. The molecule has 0 bridgehead atoms. The number of phenols is 1. The van der Waals surface area contributed by atoms with Crippen LogP contribution in [0.3, 0.4) is 0 Å². The Morgan fingerprint density at radius 2 is 2.29 bits per heavy atom. The third kappa shape index (κ3) is 3.77. The molecule has 0 spiro atoms. The molecule has 1 heterocycles. The number of benzene rings is 1. The van der Waals surface area contributed by atoms with E-state index >= 15 is 0 Å². The maximum atomic E-state index is 10.1. The summed E-state index contributed by atoms with van der Waals surface area (Å²) in [6.07, 6.45) is 3.18. The molecule has 0 aliphatic carbocycles. The summed E-state index contributed by atoms with van der Waals surface area (Å²) in [7, 11) is 1.57. The fourth-order valence-corrected chi connectivity index (χ4v) is 2.94. The van der Waals surface area contributed by atoms with E-state index < -0.39 is 0 Å². The number of hydrogen-bond donors (Lipinski definition) is 2. The monoisotopic (exact) mass is 291 g/mol. The zero-order chi connectivity index (χ0) is 15.4. The lowest BCUT2D eigenvalue weighted by Gasteiger charge is -2.19. The molecular weight excluding hydrogens is 266 g/mol. The average Bonchev–Trinajstić information content (AvgIpc) is 2.91. The first-order valence-electron chi connectivity index (χ1n) is 7.45. The predicted octanol–water partition coefficient (Wildman–Crippen LogP) is 2.33. The molecule has 0 aromatic heterocycles. The molecular formula is C17H25NO3. The van der Waals surface area contributed by atoms with Gasteiger partial charge in [0, 0.05) is 18.7 Å². The van der Waals surface area contributed by atoms with Crippen LogP contribution in [0.15, 0.2) is 24.8 Å². The van der Waals surface area contributed by atoms with E-state index in [1.165, 1.54) is 0 Å². The molecule has 21 heavy (non-hydrogen) atoms. The lowest BCUT2D eigenvalue weighted by molar-refractivity contribution is 0.127. The van der Waals surface area contributed by atoms with Gasteiger partial charge in [-0.3, -0.25) is 4.90 Å². The highest BCUT2D eigenvalue weighted by molar-refractivity contribution is 5.49. The second kappa shape index (κ2) is 6.96. The van der Waals surface area contributed by atoms with Gasteiger partial charge >= 0.3 is 0 Å². The van der Waals surface area contributed by atoms with Gasteiger partial charge in [-0.1, -0.05) is 12.1 Å². The zero-order valence-corrected chi connectivity index (χ0v) is 12.9. The Kier molecular flexibility index (Phi) is 5.26. The van der Waals surface area contributed by atoms with Crippen LogP contribution in [0, 0.1) is 5.92 Å². The van der Waals surface area contributed by atoms with Gasteiger partial charge in [0.05, 0.1) is 13.2 Å². The summed E-state index contributed by atoms with van der Waals surface area (Å²) in [6.45, 7) is 8.31. The number of phenolic OH excluding ortho intramolecular Hbond substituents is 1. The summed E-state index contributed by atoms with van der Waals surface area (Å²) in [5, 5.41) is 19.8. The van der Waals surface area contributed by atoms with E-state index in [1.54, 1.807) is 13.2 Å². The van der Waals surface area contributed by atoms with Gasteiger partial charge in [0.2, 0.25) is 0 Å². The fraction of sp³-hybridized carbons (Fsp3) is 0.529. The maximum absolute atomic E-state index is 10.1. The van der Waals surface area contributed by atoms with Gasteiger partial charge < -0.3 is 14.9 Å². The first-order chi connectivity index (χ1) is 10.0. The number of likely N-dealkylation sites (tertiary alicyclic amines) is 1. The standard InChI is InChI=1S/C17H25NO3/c1-4-5-14-8-13(9-16(21-3)17(14)20)10-18-7-6-15(11-18)12(2)19/h4,8-9,12,15,19-20H,1,5-7,10-11H2,2-3H3. The third-order valence-corrected chi connectivity index (χ3v) is 4.20. The summed E-state index contributed by atoms with van der Waals surface area (Å²) < 4.78 is 5.25. The van der Waals surface area contributed by atoms with E-state index in [4.69, 9.17) is 4.74 Å². The number of methoxy groups -OCH3 is 1. The van der Waals surface area contributed by atoms with Crippen LogP contribution >= 0.6 is 0 Å². The number of ether oxygens (including phenoxy) is 1. The number of hydrogen-bond acceptors (Lipinski definition) is 4. The number of aliphatic hydroxyl groups excluding tert-OH is 1. The Hall–Kier alpha value is -1.52. The van der Waals surface area contributed by atoms with E-state index in [9.17, 15) is 10.2 Å². The second-order valence-electron chi connectivity index (χ2n) is 5.82. The molecule has 1 aliphatic rings. The van der Waals surface area contributed by atoms with E-state index in [0.29, 0.717) is 18.1 Å². The fourth-order valence-electron chi connectivity index (χ4n) is 2.94. The molecule has 0 amide bonds. The van der Waals surface area contributed by atoms with Crippen LogP contribution in [0.4, 0.5) is 0 Å². The summed E-state index contributed by atoms with van der Waals surface area (Å²) in [5.74, 6) is 1.07. The zero-order valence-electron chi connectivity index (χ0n) is 12.9. The Morgan fingerprint density at radius 3 is 2.86 bits per heavy atom. The van der Waals surface area contributed by atoms with E-state index in [0.717, 1.165) is 37.2 Å². The number of aliphatic hydroxyl groups is 1. The van der Waals surface area contributed by atoms with Crippen molar-refractivity contribution in [2.75, 3.05) is 20.2 Å². The normalized spacial score (nSPS) is 20.4. The minimum atomic E-state index is -0.249. The van der Waals surface area contributed by atoms with Crippen molar-refractivity contribution < 1.29 is 14.9 Å². The van der Waals surface area contributed by atoms with Gasteiger partial charge in [-0.05, 0) is 43.9 Å². The summed E-state index contributed by atoms with van der Waals surface area (Å²) >= 11 is 0. The van der Waals surface area contributed by atoms with Crippen LogP contribution in [0.2, 0.25) is 0 Å². The van der Waals surface area contributed by atoms with Gasteiger partial charge in [0.15, 0.2) is 11.5 Å². The Morgan fingerprint density at radius 1 is 1.52 bits per heavy atom. The molecule has 0 saturated carbocycles. The highest BCUT2D eigenvalue weighted by atomic mass is 16.5. The number of aromatic hydroxyl groups is 1. The second-order valence-corrected chi connectivity index (χ2v) is 5.82. The van der Waals surface area contributed by atoms with E-state index in [2.05, 4.69) is 11.5 Å². The molecule has 2 rings (SSSR count). The van der Waals surface area contributed by atoms with Gasteiger partial charge in [-0.15, -0.1) is 6.58 Å². The molecule has 1 aromatic carbocycles. The molecule has 1 fully saturated rings. The molecule has 1 aromatic rings. The molecule has 4 heteroatoms. The van der Waals surface area contributed by atoms with Crippen LogP contribution in [0.1, 0.15) is 24.5 Å². The molecule has 1 aliphatic heterocycles. The van der Waals surface area contributed by atoms with Crippen molar-refractivity contribution in [2.45, 2.75) is 32.4 Å². The quantitative estimate of drug-likeness (QED) is 0.790. The van der Waals surface area contributed by atoms with Crippen LogP contribution in [-0.2, 0) is 13.0 Å². The van der Waals surface area contributed by atoms with Crippen LogP contribution < -0.4 is 4.74 Å². The largest absolute Gasteiger partial charge is 0.504 e. The maximum Gasteiger partial charge on any atom is 0.161 e. The highest BCUT2D eigenvalue weighted by Gasteiger charge is 2.26. The van der Waals surface area contributed by atoms with Gasteiger partial charge in [0.1, 0.15) is 0 Å². The molecule has 2 N–H and O–H groups in total. The minimum Gasteiger partial charge on any atom is -0.504 e. The third-order valence-electron chi connectivity index (χ3n) is 4.20. The molecule has 4 nitrogen and oxygen atoms in total. The first kappa shape index (κ1) is 15.9. The Balaban J connectivity index is 2.13. The molecule has 0 radical (unpaired) electrons. The molecule has 1 saturated heterocycles. The number of nitrogens with zero attached hydrogens (tertiary/aromatic N) is 1. The van der Waals surface area contributed by atoms with Gasteiger partial charge in [-0.25, -0.2) is 0 Å². The van der Waals surface area contributed by atoms with Crippen molar-refractivity contribution in [3.8, 4) is 11.5 Å². The summed E-state index contributed by atoms with van der Waals surface area (Å²) in [4.78, 5) is 2.33. The molecule has 2 unspecified atom stereocenters. The lowest BCUT2D eigenvalue weighted by atomic mass is 10.0. The van der Waals surface area contributed by atoms with E-state index in [-0.39, 0.29) is 11.9 Å². The van der Waals surface area contributed by atoms with Crippen LogP contribution in [0.5, 0.6) is 11.5 Å². The minimum absolute atomic E-state index is 0.199. The first-order valence-corrected chi connectivity index (χ1v) is 7.45. The topological polar surface area (TPSA) is 52.9 Å². The number of allylic oxidation sites excluding steroid dienone is 1. The van der Waals surface area contributed by atoms with Crippen LogP contribution in [0.25, 0.3) is 0 Å². The summed E-state index contributed by atoms with van der Waals surface area (Å²) in [6, 6.07) is 3.90. The van der Waals surface area contributed by atoms with Crippen molar-refractivity contribution in [2.24, 2.45) is 5.92 Å². The Bertz CT molecular complexity index is 499. The SMILES string of the molecule is C=CCc1cc(CN2CCC(C(C)O)C2)cc(OC)c1O. The lowest BCUT2D eigenvalue weighted by Crippen LogP contribution is -2.24. The van der Waals surface area contributed by atoms with Crippen molar-refractivity contribution >= 4 is 0 Å². The Labute approximate surface area is 126 Å². The van der Waals surface area contributed by atoms with Crippen LogP contribution in [-0.4, -0.2) is 41.4 Å². The van der Waals surface area contributed by atoms with Crippen molar-refractivity contribution in [1.29, 1.82) is 0 Å². The predicted molar refractivity (Wildman–Crippen MR) is 83.6 cm³/mol. The average molecular weight is 291 g/mol. The van der Waals surface area contributed by atoms with Crippen molar-refractivity contribution in [3.05, 3.63) is 35.9 Å². The van der Waals surface area contributed by atoms with Gasteiger partial charge in [0.25, 0.3) is 0 Å². The smallest absolute Gasteiger partial charge is 0.161 e.